The van der Waals surface area contributed by atoms with E-state index in [0.29, 0.717) is 17.7 Å². The highest BCUT2D eigenvalue weighted by molar-refractivity contribution is 5.92. The standard InChI is InChI=1S/C21H18FNO2/c22-19-11-6-10-17(15-7-2-1-3-8-15)18(19)13-16-9-4-5-12-20(16)23-21(25)14-24/h1-12,24H,13-14H2,(H,23,25). The van der Waals surface area contributed by atoms with Crippen LogP contribution in [0.15, 0.2) is 72.8 Å². The molecule has 0 atom stereocenters. The van der Waals surface area contributed by atoms with Gasteiger partial charge in [0.25, 0.3) is 0 Å². The van der Waals surface area contributed by atoms with Gasteiger partial charge >= 0.3 is 0 Å². The first kappa shape index (κ1) is 16.9. The lowest BCUT2D eigenvalue weighted by Gasteiger charge is -2.14. The Morgan fingerprint density at radius 3 is 2.40 bits per heavy atom. The predicted octanol–water partition coefficient (Wildman–Crippen LogP) is 4.01. The lowest BCUT2D eigenvalue weighted by Crippen LogP contribution is -2.16. The third-order valence-corrected chi connectivity index (χ3v) is 4.01. The van der Waals surface area contributed by atoms with Gasteiger partial charge in [0, 0.05) is 17.7 Å². The molecule has 0 aliphatic carbocycles. The maximum Gasteiger partial charge on any atom is 0.250 e. The van der Waals surface area contributed by atoms with Crippen molar-refractivity contribution < 1.29 is 14.3 Å². The fourth-order valence-corrected chi connectivity index (χ4v) is 2.80. The van der Waals surface area contributed by atoms with Crippen LogP contribution in [-0.2, 0) is 11.2 Å². The number of carbonyl (C=O) groups excluding carboxylic acids is 1. The lowest BCUT2D eigenvalue weighted by molar-refractivity contribution is -0.118. The van der Waals surface area contributed by atoms with Gasteiger partial charge in [0.2, 0.25) is 5.91 Å². The summed E-state index contributed by atoms with van der Waals surface area (Å²) in [6.07, 6.45) is 0.332. The number of amides is 1. The highest BCUT2D eigenvalue weighted by Crippen LogP contribution is 2.29. The van der Waals surface area contributed by atoms with Crippen LogP contribution in [0.3, 0.4) is 0 Å². The van der Waals surface area contributed by atoms with Gasteiger partial charge in [-0.1, -0.05) is 60.7 Å². The molecule has 0 fully saturated rings. The van der Waals surface area contributed by atoms with Gasteiger partial charge < -0.3 is 10.4 Å². The molecule has 0 aliphatic heterocycles. The number of hydrogen-bond donors (Lipinski definition) is 2. The summed E-state index contributed by atoms with van der Waals surface area (Å²) >= 11 is 0. The second-order valence-corrected chi connectivity index (χ2v) is 5.67. The summed E-state index contributed by atoms with van der Waals surface area (Å²) in [5.74, 6) is -0.783. The molecule has 0 saturated heterocycles. The smallest absolute Gasteiger partial charge is 0.250 e. The van der Waals surface area contributed by atoms with Crippen molar-refractivity contribution in [1.29, 1.82) is 0 Å². The molecule has 0 heterocycles. The number of benzene rings is 3. The number of aliphatic hydroxyl groups excluding tert-OH is 1. The molecular formula is C21H18FNO2. The molecule has 0 radical (unpaired) electrons. The second-order valence-electron chi connectivity index (χ2n) is 5.67. The number of halogens is 1. The van der Waals surface area contributed by atoms with Crippen LogP contribution in [0.5, 0.6) is 0 Å². The van der Waals surface area contributed by atoms with Crippen molar-refractivity contribution >= 4 is 11.6 Å². The zero-order valence-electron chi connectivity index (χ0n) is 13.6. The Bertz CT molecular complexity index is 878. The Hall–Kier alpha value is -2.98. The highest BCUT2D eigenvalue weighted by Gasteiger charge is 2.13. The Morgan fingerprint density at radius 2 is 1.64 bits per heavy atom. The summed E-state index contributed by atoms with van der Waals surface area (Å²) in [4.78, 5) is 11.5. The third kappa shape index (κ3) is 3.92. The van der Waals surface area contributed by atoms with E-state index >= 15 is 0 Å². The first-order valence-corrected chi connectivity index (χ1v) is 8.00. The van der Waals surface area contributed by atoms with Crippen molar-refractivity contribution in [1.82, 2.24) is 0 Å². The van der Waals surface area contributed by atoms with Gasteiger partial charge in [-0.15, -0.1) is 0 Å². The van der Waals surface area contributed by atoms with E-state index in [0.717, 1.165) is 16.7 Å². The SMILES string of the molecule is O=C(CO)Nc1ccccc1Cc1c(F)cccc1-c1ccccc1. The van der Waals surface area contributed by atoms with E-state index in [1.165, 1.54) is 6.07 Å². The third-order valence-electron chi connectivity index (χ3n) is 4.01. The number of rotatable bonds is 5. The molecule has 1 amide bonds. The van der Waals surface area contributed by atoms with Gasteiger partial charge in [-0.2, -0.15) is 0 Å². The van der Waals surface area contributed by atoms with Crippen LogP contribution in [0.2, 0.25) is 0 Å². The molecule has 0 bridgehead atoms. The van der Waals surface area contributed by atoms with E-state index in [4.69, 9.17) is 5.11 Å². The van der Waals surface area contributed by atoms with Crippen LogP contribution in [0.4, 0.5) is 10.1 Å². The first-order valence-electron chi connectivity index (χ1n) is 8.00. The molecule has 3 nitrogen and oxygen atoms in total. The van der Waals surface area contributed by atoms with E-state index in [9.17, 15) is 9.18 Å². The molecule has 0 saturated carbocycles. The number of carbonyl (C=O) groups is 1. The molecule has 0 aliphatic rings. The first-order chi connectivity index (χ1) is 12.2. The molecular weight excluding hydrogens is 317 g/mol. The molecule has 3 aromatic carbocycles. The lowest BCUT2D eigenvalue weighted by atomic mass is 9.94. The van der Waals surface area contributed by atoms with Crippen LogP contribution >= 0.6 is 0 Å². The van der Waals surface area contributed by atoms with Gasteiger partial charge in [0.15, 0.2) is 0 Å². The maximum atomic E-state index is 14.6. The van der Waals surface area contributed by atoms with E-state index in [-0.39, 0.29) is 5.82 Å². The molecule has 3 rings (SSSR count). The topological polar surface area (TPSA) is 49.3 Å². The second kappa shape index (κ2) is 7.73. The van der Waals surface area contributed by atoms with Gasteiger partial charge in [-0.25, -0.2) is 4.39 Å². The van der Waals surface area contributed by atoms with Crippen molar-refractivity contribution in [3.8, 4) is 11.1 Å². The Balaban J connectivity index is 2.01. The number of anilines is 1. The van der Waals surface area contributed by atoms with Gasteiger partial charge in [-0.3, -0.25) is 4.79 Å². The molecule has 25 heavy (non-hydrogen) atoms. The summed E-state index contributed by atoms with van der Waals surface area (Å²) in [6.45, 7) is -0.594. The molecule has 0 unspecified atom stereocenters. The molecule has 0 spiro atoms. The molecule has 3 aromatic rings. The van der Waals surface area contributed by atoms with E-state index in [1.807, 2.05) is 48.5 Å². The van der Waals surface area contributed by atoms with Crippen LogP contribution in [-0.4, -0.2) is 17.6 Å². The maximum absolute atomic E-state index is 14.6. The van der Waals surface area contributed by atoms with E-state index in [1.54, 1.807) is 18.2 Å². The zero-order chi connectivity index (χ0) is 17.6. The van der Waals surface area contributed by atoms with Crippen LogP contribution < -0.4 is 5.32 Å². The van der Waals surface area contributed by atoms with Gasteiger partial charge in [-0.05, 0) is 28.8 Å². The Morgan fingerprint density at radius 1 is 0.920 bits per heavy atom. The van der Waals surface area contributed by atoms with E-state index in [2.05, 4.69) is 5.32 Å². The molecule has 126 valence electrons. The minimum absolute atomic E-state index is 0.287. The van der Waals surface area contributed by atoms with E-state index < -0.39 is 12.5 Å². The van der Waals surface area contributed by atoms with Crippen LogP contribution in [0, 0.1) is 5.82 Å². The summed E-state index contributed by atoms with van der Waals surface area (Å²) in [5, 5.41) is 11.6. The summed E-state index contributed by atoms with van der Waals surface area (Å²) in [7, 11) is 0. The van der Waals surface area contributed by atoms with Gasteiger partial charge in [0.05, 0.1) is 0 Å². The van der Waals surface area contributed by atoms with Crippen molar-refractivity contribution in [2.24, 2.45) is 0 Å². The highest BCUT2D eigenvalue weighted by atomic mass is 19.1. The monoisotopic (exact) mass is 335 g/mol. The largest absolute Gasteiger partial charge is 0.387 e. The zero-order valence-corrected chi connectivity index (χ0v) is 13.6. The number of para-hydroxylation sites is 1. The van der Waals surface area contributed by atoms with Crippen molar-refractivity contribution in [2.45, 2.75) is 6.42 Å². The van der Waals surface area contributed by atoms with Gasteiger partial charge in [0.1, 0.15) is 12.4 Å². The van der Waals surface area contributed by atoms with Crippen LogP contribution in [0.1, 0.15) is 11.1 Å². The quantitative estimate of drug-likeness (QED) is 0.740. The molecule has 0 aromatic heterocycles. The summed E-state index contributed by atoms with van der Waals surface area (Å²) < 4.78 is 14.6. The fourth-order valence-electron chi connectivity index (χ4n) is 2.80. The normalized spacial score (nSPS) is 10.5. The average Bonchev–Trinajstić information content (AvgIpc) is 2.65. The van der Waals surface area contributed by atoms with Crippen molar-refractivity contribution in [3.63, 3.8) is 0 Å². The molecule has 2 N–H and O–H groups in total. The van der Waals surface area contributed by atoms with Crippen LogP contribution in [0.25, 0.3) is 11.1 Å². The Kier molecular flexibility index (Phi) is 5.21. The summed E-state index contributed by atoms with van der Waals surface area (Å²) in [6, 6.07) is 21.9. The Labute approximate surface area is 145 Å². The number of hydrogen-bond acceptors (Lipinski definition) is 2. The minimum Gasteiger partial charge on any atom is -0.387 e. The summed E-state index contributed by atoms with van der Waals surface area (Å²) in [5.41, 5.74) is 3.69. The number of aliphatic hydroxyl groups is 1. The predicted molar refractivity (Wildman–Crippen MR) is 96.8 cm³/mol. The average molecular weight is 335 g/mol. The minimum atomic E-state index is -0.594. The fraction of sp³-hybridized carbons (Fsp3) is 0.0952. The van der Waals surface area contributed by atoms with Crippen molar-refractivity contribution in [2.75, 3.05) is 11.9 Å². The molecule has 4 heteroatoms. The van der Waals surface area contributed by atoms with Crippen molar-refractivity contribution in [3.05, 3.63) is 89.7 Å². The number of nitrogens with one attached hydrogen (secondary N) is 1.